The number of furan rings is 1. The summed E-state index contributed by atoms with van der Waals surface area (Å²) in [6.07, 6.45) is 5.03. The number of benzene rings is 1. The first-order valence-corrected chi connectivity index (χ1v) is 10.4. The highest BCUT2D eigenvalue weighted by Gasteiger charge is 2.68. The van der Waals surface area contributed by atoms with Gasteiger partial charge in [0.05, 0.1) is 23.9 Å². The fourth-order valence-electron chi connectivity index (χ4n) is 5.91. The first-order valence-electron chi connectivity index (χ1n) is 9.99. The summed E-state index contributed by atoms with van der Waals surface area (Å²) in [5.74, 6) is 1.16. The molecule has 6 heteroatoms. The second-order valence-corrected chi connectivity index (χ2v) is 9.69. The van der Waals surface area contributed by atoms with Gasteiger partial charge in [0, 0.05) is 5.39 Å². The monoisotopic (exact) mass is 387 g/mol. The van der Waals surface area contributed by atoms with E-state index in [9.17, 15) is 0 Å². The van der Waals surface area contributed by atoms with Gasteiger partial charge < -0.3 is 13.7 Å². The quantitative estimate of drug-likeness (QED) is 0.612. The van der Waals surface area contributed by atoms with Crippen molar-refractivity contribution in [1.29, 1.82) is 0 Å². The van der Waals surface area contributed by atoms with E-state index < -0.39 is 0 Å². The zero-order valence-electron chi connectivity index (χ0n) is 16.4. The Balaban J connectivity index is 1.38. The van der Waals surface area contributed by atoms with Gasteiger partial charge in [-0.15, -0.1) is 0 Å². The van der Waals surface area contributed by atoms with Crippen molar-refractivity contribution in [3.63, 3.8) is 0 Å². The Morgan fingerprint density at radius 2 is 2.11 bits per heavy atom. The van der Waals surface area contributed by atoms with Crippen LogP contribution in [0.3, 0.4) is 0 Å². The van der Waals surface area contributed by atoms with Crippen LogP contribution in [-0.2, 0) is 15.7 Å². The van der Waals surface area contributed by atoms with Gasteiger partial charge in [-0.3, -0.25) is 0 Å². The van der Waals surface area contributed by atoms with Gasteiger partial charge in [-0.1, -0.05) is 32.0 Å². The van der Waals surface area contributed by atoms with Gasteiger partial charge in [-0.2, -0.15) is 0 Å². The van der Waals surface area contributed by atoms with Crippen molar-refractivity contribution < 1.29 is 13.7 Å². The Labute approximate surface area is 166 Å². The molecule has 1 aromatic heterocycles. The van der Waals surface area contributed by atoms with Gasteiger partial charge in [0.15, 0.2) is 0 Å². The van der Waals surface area contributed by atoms with Gasteiger partial charge >= 0.3 is 7.12 Å². The molecule has 1 saturated heterocycles. The Morgan fingerprint density at radius 1 is 1.30 bits per heavy atom. The van der Waals surface area contributed by atoms with Gasteiger partial charge in [-0.05, 0) is 73.3 Å². The second kappa shape index (κ2) is 5.99. The number of fused-ring (bicyclic) bond motifs is 1. The molecule has 0 amide bonds. The SMILES string of the molecule is Cc1cccc2c(C[C@H](NCl)B3O[C@@H]4CC5C[C@@H](C5(C)C)[C@]4(C)O3)coc12. The van der Waals surface area contributed by atoms with Crippen molar-refractivity contribution in [2.75, 3.05) is 0 Å². The van der Waals surface area contributed by atoms with E-state index >= 15 is 0 Å². The summed E-state index contributed by atoms with van der Waals surface area (Å²) in [7, 11) is -0.345. The molecule has 27 heavy (non-hydrogen) atoms. The Bertz CT molecular complexity index is 883. The standard InChI is InChI=1S/C21H27BClNO3/c1-12-6-5-7-15-13(11-25-19(12)15)8-18(24-23)22-26-17-10-14-9-16(20(14,2)3)21(17,4)27-22/h5-7,11,14,16-18,24H,8-10H2,1-4H3/t14?,16-,17+,18-,21-/m0/s1. The number of halogens is 1. The first-order chi connectivity index (χ1) is 12.8. The third-order valence-electron chi connectivity index (χ3n) is 7.75. The van der Waals surface area contributed by atoms with Crippen molar-refractivity contribution in [1.82, 2.24) is 4.84 Å². The van der Waals surface area contributed by atoms with Crippen LogP contribution in [0.1, 0.15) is 44.7 Å². The molecule has 1 aliphatic heterocycles. The first kappa shape index (κ1) is 18.1. The van der Waals surface area contributed by atoms with Crippen LogP contribution >= 0.6 is 11.8 Å². The maximum absolute atomic E-state index is 6.58. The van der Waals surface area contributed by atoms with Gasteiger partial charge in [0.2, 0.25) is 0 Å². The van der Waals surface area contributed by atoms with Gasteiger partial charge in [0.1, 0.15) is 5.58 Å². The molecule has 4 aliphatic rings. The number of nitrogens with one attached hydrogen (secondary N) is 1. The zero-order valence-corrected chi connectivity index (χ0v) is 17.2. The minimum absolute atomic E-state index is 0.129. The number of hydrogen-bond acceptors (Lipinski definition) is 4. The summed E-state index contributed by atoms with van der Waals surface area (Å²) in [6, 6.07) is 6.23. The van der Waals surface area contributed by atoms with Crippen LogP contribution in [0.4, 0.5) is 0 Å². The van der Waals surface area contributed by atoms with Crippen LogP contribution in [0.5, 0.6) is 0 Å². The summed E-state index contributed by atoms with van der Waals surface area (Å²) in [5, 5.41) is 1.14. The summed E-state index contributed by atoms with van der Waals surface area (Å²) in [6.45, 7) is 9.05. The number of aryl methyl sites for hydroxylation is 1. The molecule has 4 nitrogen and oxygen atoms in total. The highest BCUT2D eigenvalue weighted by Crippen LogP contribution is 2.65. The number of rotatable bonds is 4. The third-order valence-corrected chi connectivity index (χ3v) is 8.03. The Morgan fingerprint density at radius 3 is 2.85 bits per heavy atom. The van der Waals surface area contributed by atoms with Crippen LogP contribution < -0.4 is 4.84 Å². The van der Waals surface area contributed by atoms with E-state index in [1.165, 1.54) is 6.42 Å². The maximum atomic E-state index is 6.58. The Hall–Kier alpha value is -1.01. The fourth-order valence-corrected chi connectivity index (χ4v) is 6.09. The smallest absolute Gasteiger partial charge is 0.464 e. The van der Waals surface area contributed by atoms with Crippen molar-refractivity contribution >= 4 is 29.9 Å². The van der Waals surface area contributed by atoms with Crippen molar-refractivity contribution in [3.8, 4) is 0 Å². The van der Waals surface area contributed by atoms with Crippen LogP contribution in [0.2, 0.25) is 0 Å². The lowest BCUT2D eigenvalue weighted by Crippen LogP contribution is -2.65. The van der Waals surface area contributed by atoms with Crippen molar-refractivity contribution in [2.24, 2.45) is 17.3 Å². The van der Waals surface area contributed by atoms with E-state index in [4.69, 9.17) is 25.5 Å². The molecule has 2 bridgehead atoms. The van der Waals surface area contributed by atoms with E-state index in [-0.39, 0.29) is 24.8 Å². The molecule has 0 radical (unpaired) electrons. The molecule has 2 heterocycles. The fraction of sp³-hybridized carbons (Fsp3) is 0.619. The topological polar surface area (TPSA) is 43.6 Å². The molecule has 6 rings (SSSR count). The van der Waals surface area contributed by atoms with Crippen LogP contribution in [0.25, 0.3) is 11.0 Å². The predicted octanol–water partition coefficient (Wildman–Crippen LogP) is 4.66. The van der Waals surface area contributed by atoms with E-state index in [1.54, 1.807) is 0 Å². The molecule has 144 valence electrons. The molecule has 1 aromatic carbocycles. The minimum atomic E-state index is -0.345. The van der Waals surface area contributed by atoms with E-state index in [1.807, 2.05) is 6.26 Å². The molecule has 1 N–H and O–H groups in total. The summed E-state index contributed by atoms with van der Waals surface area (Å²) >= 11 is 6.15. The lowest BCUT2D eigenvalue weighted by molar-refractivity contribution is -0.199. The normalized spacial score (nSPS) is 35.1. The van der Waals surface area contributed by atoms with Crippen LogP contribution in [0.15, 0.2) is 28.9 Å². The highest BCUT2D eigenvalue weighted by atomic mass is 35.5. The van der Waals surface area contributed by atoms with Crippen LogP contribution in [0, 0.1) is 24.2 Å². The van der Waals surface area contributed by atoms with E-state index in [2.05, 4.69) is 50.7 Å². The lowest BCUT2D eigenvalue weighted by atomic mass is 9.43. The summed E-state index contributed by atoms with van der Waals surface area (Å²) in [5.41, 5.74) is 3.33. The zero-order chi connectivity index (χ0) is 19.0. The molecule has 2 aromatic rings. The molecule has 3 aliphatic carbocycles. The predicted molar refractivity (Wildman–Crippen MR) is 108 cm³/mol. The molecule has 0 spiro atoms. The van der Waals surface area contributed by atoms with Crippen molar-refractivity contribution in [2.45, 2.75) is 64.6 Å². The molecule has 3 saturated carbocycles. The second-order valence-electron chi connectivity index (χ2n) is 9.47. The molecular formula is C21H27BClNO3. The average molecular weight is 388 g/mol. The summed E-state index contributed by atoms with van der Waals surface area (Å²) < 4.78 is 18.8. The molecule has 1 unspecified atom stereocenters. The van der Waals surface area contributed by atoms with Gasteiger partial charge in [0.25, 0.3) is 0 Å². The Kier molecular flexibility index (Phi) is 4.01. The maximum Gasteiger partial charge on any atom is 0.477 e. The van der Waals surface area contributed by atoms with Gasteiger partial charge in [-0.25, -0.2) is 4.84 Å². The van der Waals surface area contributed by atoms with Crippen LogP contribution in [-0.4, -0.2) is 24.8 Å². The number of para-hydroxylation sites is 1. The highest BCUT2D eigenvalue weighted by molar-refractivity contribution is 6.48. The molecular weight excluding hydrogens is 361 g/mol. The third kappa shape index (κ3) is 2.48. The minimum Gasteiger partial charge on any atom is -0.464 e. The molecule has 5 atom stereocenters. The molecule has 4 fully saturated rings. The van der Waals surface area contributed by atoms with Crippen molar-refractivity contribution in [3.05, 3.63) is 35.6 Å². The van der Waals surface area contributed by atoms with E-state index in [0.717, 1.165) is 34.4 Å². The lowest BCUT2D eigenvalue weighted by Gasteiger charge is -2.64. The number of hydrogen-bond donors (Lipinski definition) is 1. The average Bonchev–Trinajstić information content (AvgIpc) is 3.20. The largest absolute Gasteiger partial charge is 0.477 e. The van der Waals surface area contributed by atoms with E-state index in [0.29, 0.717) is 17.8 Å². The summed E-state index contributed by atoms with van der Waals surface area (Å²) in [4.78, 5) is 2.92.